The van der Waals surface area contributed by atoms with Crippen molar-refractivity contribution in [1.82, 2.24) is 24.5 Å². The largest absolute Gasteiger partial charge is 0.341 e. The van der Waals surface area contributed by atoms with E-state index in [4.69, 9.17) is 0 Å². The lowest BCUT2D eigenvalue weighted by Gasteiger charge is -2.32. The molecule has 1 fully saturated rings. The molecule has 3 heterocycles. The van der Waals surface area contributed by atoms with Gasteiger partial charge in [0.05, 0.1) is 17.4 Å². The Morgan fingerprint density at radius 3 is 2.39 bits per heavy atom. The molecule has 176 valence electrons. The maximum absolute atomic E-state index is 13.4. The van der Waals surface area contributed by atoms with Gasteiger partial charge in [0.15, 0.2) is 0 Å². The lowest BCUT2D eigenvalue weighted by molar-refractivity contribution is -0.133. The lowest BCUT2D eigenvalue weighted by Crippen LogP contribution is -2.42. The van der Waals surface area contributed by atoms with Gasteiger partial charge in [-0.15, -0.1) is 0 Å². The number of fused-ring (bicyclic) bond motifs is 1. The number of hydrogen-bond acceptors (Lipinski definition) is 4. The topological polar surface area (TPSA) is 73.0 Å². The first-order valence-electron chi connectivity index (χ1n) is 12.0. The van der Waals surface area contributed by atoms with Gasteiger partial charge in [-0.25, -0.2) is 4.68 Å². The van der Waals surface area contributed by atoms with Crippen LogP contribution in [0.15, 0.2) is 41.3 Å². The van der Waals surface area contributed by atoms with Crippen LogP contribution in [0.2, 0.25) is 0 Å². The van der Waals surface area contributed by atoms with Gasteiger partial charge in [0.2, 0.25) is 5.91 Å². The first kappa shape index (κ1) is 23.2. The molecule has 7 nitrogen and oxygen atoms in total. The Kier molecular flexibility index (Phi) is 6.41. The molecule has 1 aromatic carbocycles. The highest BCUT2D eigenvalue weighted by molar-refractivity contribution is 5.81. The highest BCUT2D eigenvalue weighted by Gasteiger charge is 2.27. The molecule has 2 aromatic heterocycles. The fourth-order valence-electron chi connectivity index (χ4n) is 4.70. The Labute approximate surface area is 195 Å². The Hall–Kier alpha value is -2.96. The number of piperidine rings is 1. The minimum atomic E-state index is -0.348. The monoisotopic (exact) mass is 449 g/mol. The second kappa shape index (κ2) is 9.12. The van der Waals surface area contributed by atoms with Crippen LogP contribution >= 0.6 is 0 Å². The van der Waals surface area contributed by atoms with Gasteiger partial charge >= 0.3 is 0 Å². The quantitative estimate of drug-likeness (QED) is 0.591. The molecule has 0 spiro atoms. The summed E-state index contributed by atoms with van der Waals surface area (Å²) in [6.07, 6.45) is 4.75. The standard InChI is InChI=1S/C26H35N5O2/c1-18(2)23-21-16-27-31(26(3,4)5)24(21)25(33)30(28-23)17-22(32)29-13-11-20(12-14-29)15-19-9-7-6-8-10-19/h6-10,16,18,20H,11-15,17H2,1-5H3. The van der Waals surface area contributed by atoms with Gasteiger partial charge < -0.3 is 4.90 Å². The van der Waals surface area contributed by atoms with Crippen molar-refractivity contribution < 1.29 is 4.79 Å². The van der Waals surface area contributed by atoms with Crippen LogP contribution in [-0.4, -0.2) is 43.5 Å². The molecule has 1 amide bonds. The third-order valence-corrected chi connectivity index (χ3v) is 6.51. The minimum Gasteiger partial charge on any atom is -0.341 e. The molecule has 33 heavy (non-hydrogen) atoms. The molecule has 0 radical (unpaired) electrons. The summed E-state index contributed by atoms with van der Waals surface area (Å²) in [5, 5.41) is 9.87. The Bertz CT molecular complexity index is 1180. The van der Waals surface area contributed by atoms with E-state index in [-0.39, 0.29) is 29.5 Å². The first-order valence-corrected chi connectivity index (χ1v) is 12.0. The SMILES string of the molecule is CC(C)c1nn(CC(=O)N2CCC(Cc3ccccc3)CC2)c(=O)c2c1cnn2C(C)(C)C. The number of carbonyl (C=O) groups is 1. The zero-order valence-electron chi connectivity index (χ0n) is 20.4. The summed E-state index contributed by atoms with van der Waals surface area (Å²) in [5.74, 6) is 0.654. The van der Waals surface area contributed by atoms with E-state index in [9.17, 15) is 9.59 Å². The van der Waals surface area contributed by atoms with Crippen LogP contribution in [0.4, 0.5) is 0 Å². The van der Waals surface area contributed by atoms with E-state index in [0.717, 1.165) is 43.4 Å². The number of likely N-dealkylation sites (tertiary alicyclic amines) is 1. The van der Waals surface area contributed by atoms with Crippen molar-refractivity contribution in [3.63, 3.8) is 0 Å². The average molecular weight is 450 g/mol. The van der Waals surface area contributed by atoms with E-state index in [1.54, 1.807) is 10.9 Å². The van der Waals surface area contributed by atoms with Crippen molar-refractivity contribution in [2.45, 2.75) is 71.9 Å². The molecule has 1 aliphatic heterocycles. The molecule has 1 saturated heterocycles. The van der Waals surface area contributed by atoms with E-state index in [1.165, 1.54) is 10.2 Å². The molecule has 0 bridgehead atoms. The van der Waals surface area contributed by atoms with Gasteiger partial charge in [-0.05, 0) is 57.4 Å². The van der Waals surface area contributed by atoms with Gasteiger partial charge in [-0.1, -0.05) is 44.2 Å². The fourth-order valence-corrected chi connectivity index (χ4v) is 4.70. The summed E-state index contributed by atoms with van der Waals surface area (Å²) in [6.45, 7) is 11.6. The predicted molar refractivity (Wildman–Crippen MR) is 130 cm³/mol. The van der Waals surface area contributed by atoms with Crippen LogP contribution < -0.4 is 5.56 Å². The molecule has 0 saturated carbocycles. The van der Waals surface area contributed by atoms with Crippen LogP contribution in [0, 0.1) is 5.92 Å². The molecule has 0 unspecified atom stereocenters. The molecular formula is C26H35N5O2. The molecule has 0 atom stereocenters. The highest BCUT2D eigenvalue weighted by Crippen LogP contribution is 2.25. The Balaban J connectivity index is 1.52. The molecule has 4 rings (SSSR count). The first-order chi connectivity index (χ1) is 15.6. The summed E-state index contributed by atoms with van der Waals surface area (Å²) in [5.41, 5.74) is 2.07. The van der Waals surface area contributed by atoms with Crippen molar-refractivity contribution in [2.75, 3.05) is 13.1 Å². The van der Waals surface area contributed by atoms with Crippen molar-refractivity contribution in [2.24, 2.45) is 5.92 Å². The number of amides is 1. The third kappa shape index (κ3) is 4.87. The summed E-state index contributed by atoms with van der Waals surface area (Å²) in [6, 6.07) is 10.5. The zero-order valence-corrected chi connectivity index (χ0v) is 20.4. The number of rotatable bonds is 5. The average Bonchev–Trinajstić information content (AvgIpc) is 3.23. The lowest BCUT2D eigenvalue weighted by atomic mass is 9.90. The second-order valence-electron chi connectivity index (χ2n) is 10.5. The van der Waals surface area contributed by atoms with E-state index < -0.39 is 0 Å². The van der Waals surface area contributed by atoms with Crippen LogP contribution in [-0.2, 0) is 23.3 Å². The van der Waals surface area contributed by atoms with E-state index in [2.05, 4.69) is 34.5 Å². The van der Waals surface area contributed by atoms with Crippen molar-refractivity contribution >= 4 is 16.8 Å². The van der Waals surface area contributed by atoms with Crippen molar-refractivity contribution in [1.29, 1.82) is 0 Å². The molecule has 0 aliphatic carbocycles. The van der Waals surface area contributed by atoms with E-state index >= 15 is 0 Å². The maximum Gasteiger partial charge on any atom is 0.293 e. The maximum atomic E-state index is 13.4. The van der Waals surface area contributed by atoms with Crippen molar-refractivity contribution in [3.8, 4) is 0 Å². The number of aromatic nitrogens is 4. The summed E-state index contributed by atoms with van der Waals surface area (Å²) >= 11 is 0. The van der Waals surface area contributed by atoms with Crippen molar-refractivity contribution in [3.05, 3.63) is 58.1 Å². The molecule has 1 aliphatic rings. The van der Waals surface area contributed by atoms with Crippen LogP contribution in [0.25, 0.3) is 10.9 Å². The van der Waals surface area contributed by atoms with Gasteiger partial charge in [-0.3, -0.25) is 14.3 Å². The summed E-state index contributed by atoms with van der Waals surface area (Å²) < 4.78 is 3.11. The smallest absolute Gasteiger partial charge is 0.293 e. The highest BCUT2D eigenvalue weighted by atomic mass is 16.2. The third-order valence-electron chi connectivity index (χ3n) is 6.51. The van der Waals surface area contributed by atoms with Crippen LogP contribution in [0.3, 0.4) is 0 Å². The number of nitrogens with zero attached hydrogens (tertiary/aromatic N) is 5. The number of benzene rings is 1. The normalized spacial score (nSPS) is 15.5. The fraction of sp³-hybridized carbons (Fsp3) is 0.538. The van der Waals surface area contributed by atoms with E-state index in [1.807, 2.05) is 45.6 Å². The summed E-state index contributed by atoms with van der Waals surface area (Å²) in [4.78, 5) is 28.4. The number of carbonyl (C=O) groups excluding carboxylic acids is 1. The molecule has 7 heteroatoms. The van der Waals surface area contributed by atoms with Gasteiger partial charge in [0.25, 0.3) is 5.56 Å². The van der Waals surface area contributed by atoms with Gasteiger partial charge in [0.1, 0.15) is 12.1 Å². The molecule has 0 N–H and O–H groups in total. The molecular weight excluding hydrogens is 414 g/mol. The predicted octanol–water partition coefficient (Wildman–Crippen LogP) is 3.95. The summed E-state index contributed by atoms with van der Waals surface area (Å²) in [7, 11) is 0. The Morgan fingerprint density at radius 2 is 1.79 bits per heavy atom. The second-order valence-corrected chi connectivity index (χ2v) is 10.5. The Morgan fingerprint density at radius 1 is 1.12 bits per heavy atom. The van der Waals surface area contributed by atoms with Crippen LogP contribution in [0.5, 0.6) is 0 Å². The van der Waals surface area contributed by atoms with Crippen LogP contribution in [0.1, 0.15) is 64.6 Å². The van der Waals surface area contributed by atoms with Gasteiger partial charge in [0, 0.05) is 18.5 Å². The molecule has 3 aromatic rings. The number of hydrogen-bond donors (Lipinski definition) is 0. The zero-order chi connectivity index (χ0) is 23.8. The minimum absolute atomic E-state index is 0.0346. The van der Waals surface area contributed by atoms with Gasteiger partial charge in [-0.2, -0.15) is 10.2 Å². The van der Waals surface area contributed by atoms with E-state index in [0.29, 0.717) is 11.4 Å².